The molecule has 31 heavy (non-hydrogen) atoms. The number of amides is 2. The second-order valence-corrected chi connectivity index (χ2v) is 9.35. The van der Waals surface area contributed by atoms with Gasteiger partial charge in [0, 0.05) is 35.8 Å². The lowest BCUT2D eigenvalue weighted by Gasteiger charge is -2.15. The van der Waals surface area contributed by atoms with E-state index in [0.29, 0.717) is 15.8 Å². The van der Waals surface area contributed by atoms with Crippen LogP contribution in [-0.4, -0.2) is 38.7 Å². The zero-order valence-electron chi connectivity index (χ0n) is 16.9. The molecule has 3 aromatic rings. The number of aromatic nitrogens is 1. The van der Waals surface area contributed by atoms with Gasteiger partial charge in [-0.1, -0.05) is 60.4 Å². The van der Waals surface area contributed by atoms with Crippen LogP contribution >= 0.6 is 24.0 Å². The minimum absolute atomic E-state index is 0.119. The Hall–Kier alpha value is -2.90. The van der Waals surface area contributed by atoms with Crippen molar-refractivity contribution in [2.45, 2.75) is 19.4 Å². The fourth-order valence-corrected chi connectivity index (χ4v) is 5.43. The van der Waals surface area contributed by atoms with E-state index >= 15 is 0 Å². The molecule has 0 spiro atoms. The second-order valence-electron chi connectivity index (χ2n) is 7.67. The molecule has 2 aliphatic heterocycles. The van der Waals surface area contributed by atoms with E-state index in [4.69, 9.17) is 12.2 Å². The first-order valence-corrected chi connectivity index (χ1v) is 11.5. The van der Waals surface area contributed by atoms with Crippen LogP contribution in [0.15, 0.2) is 65.7 Å². The minimum Gasteiger partial charge on any atom is -0.341 e. The molecule has 0 atom stereocenters. The fourth-order valence-electron chi connectivity index (χ4n) is 4.14. The fraction of sp³-hybridized carbons (Fsp3) is 0.208. The van der Waals surface area contributed by atoms with Crippen molar-refractivity contribution < 1.29 is 9.59 Å². The predicted molar refractivity (Wildman–Crippen MR) is 130 cm³/mol. The average molecular weight is 448 g/mol. The summed E-state index contributed by atoms with van der Waals surface area (Å²) in [5, 5.41) is 1.02. The molecule has 2 amide bonds. The van der Waals surface area contributed by atoms with Crippen molar-refractivity contribution in [3.05, 3.63) is 71.3 Å². The number of hydrogen-bond donors (Lipinski definition) is 0. The summed E-state index contributed by atoms with van der Waals surface area (Å²) in [4.78, 5) is 29.9. The van der Waals surface area contributed by atoms with E-state index in [1.54, 1.807) is 4.90 Å². The Morgan fingerprint density at radius 2 is 1.74 bits per heavy atom. The van der Waals surface area contributed by atoms with Crippen LogP contribution in [0.1, 0.15) is 18.4 Å². The molecular formula is C24H21N3O2S2. The van der Waals surface area contributed by atoms with Gasteiger partial charge in [-0.25, -0.2) is 0 Å². The number of carbonyl (C=O) groups is 2. The maximum absolute atomic E-state index is 13.1. The van der Waals surface area contributed by atoms with Gasteiger partial charge in [-0.05, 0) is 37.1 Å². The van der Waals surface area contributed by atoms with Crippen molar-refractivity contribution in [3.63, 3.8) is 0 Å². The standard InChI is InChI=1S/C24H21N3O2S2/c28-22(25-12-6-7-13-25)16-26-15-17(19-10-4-5-11-20(19)26)14-21-23(29)27(24(30)31-21)18-8-2-1-3-9-18/h1-5,8-11,14-15H,6-7,12-13,16H2/b21-14-. The van der Waals surface area contributed by atoms with Crippen molar-refractivity contribution in [2.24, 2.45) is 0 Å². The number of carbonyl (C=O) groups excluding carboxylic acids is 2. The van der Waals surface area contributed by atoms with Crippen LogP contribution in [0.4, 0.5) is 5.69 Å². The molecule has 0 unspecified atom stereocenters. The molecule has 2 aromatic carbocycles. The molecule has 0 saturated carbocycles. The van der Waals surface area contributed by atoms with Crippen LogP contribution in [0.5, 0.6) is 0 Å². The summed E-state index contributed by atoms with van der Waals surface area (Å²) in [6, 6.07) is 17.4. The zero-order chi connectivity index (χ0) is 21.4. The van der Waals surface area contributed by atoms with Gasteiger partial charge < -0.3 is 9.47 Å². The Balaban J connectivity index is 1.48. The molecular weight excluding hydrogens is 426 g/mol. The first kappa shape index (κ1) is 20.0. The molecule has 0 bridgehead atoms. The highest BCUT2D eigenvalue weighted by Gasteiger charge is 2.33. The van der Waals surface area contributed by atoms with Crippen molar-refractivity contribution in [1.82, 2.24) is 9.47 Å². The lowest BCUT2D eigenvalue weighted by Crippen LogP contribution is -2.30. The number of para-hydroxylation sites is 2. The van der Waals surface area contributed by atoms with E-state index in [9.17, 15) is 9.59 Å². The first-order chi connectivity index (χ1) is 15.1. The van der Waals surface area contributed by atoms with Gasteiger partial charge in [-0.2, -0.15) is 0 Å². The molecule has 5 rings (SSSR count). The summed E-state index contributed by atoms with van der Waals surface area (Å²) in [7, 11) is 0. The van der Waals surface area contributed by atoms with Gasteiger partial charge in [-0.15, -0.1) is 0 Å². The molecule has 2 aliphatic rings. The molecule has 3 heterocycles. The van der Waals surface area contributed by atoms with Crippen LogP contribution in [0.3, 0.4) is 0 Å². The molecule has 7 heteroatoms. The van der Waals surface area contributed by atoms with E-state index in [-0.39, 0.29) is 11.8 Å². The minimum atomic E-state index is -0.119. The van der Waals surface area contributed by atoms with Gasteiger partial charge in [0.1, 0.15) is 6.54 Å². The summed E-state index contributed by atoms with van der Waals surface area (Å²) in [6.07, 6.45) is 6.01. The number of hydrogen-bond acceptors (Lipinski definition) is 4. The van der Waals surface area contributed by atoms with E-state index in [2.05, 4.69) is 0 Å². The third-order valence-electron chi connectivity index (χ3n) is 5.68. The summed E-state index contributed by atoms with van der Waals surface area (Å²) >= 11 is 6.79. The molecule has 1 aromatic heterocycles. The van der Waals surface area contributed by atoms with Crippen LogP contribution in [-0.2, 0) is 16.1 Å². The molecule has 0 N–H and O–H groups in total. The SMILES string of the molecule is O=C(Cn1cc(/C=C2\SC(=S)N(c3ccccc3)C2=O)c2ccccc21)N1CCCC1. The normalized spacial score (nSPS) is 18.0. The lowest BCUT2D eigenvalue weighted by atomic mass is 10.1. The average Bonchev–Trinajstić information content (AvgIpc) is 3.49. The van der Waals surface area contributed by atoms with Crippen molar-refractivity contribution >= 4 is 62.8 Å². The zero-order valence-corrected chi connectivity index (χ0v) is 18.5. The topological polar surface area (TPSA) is 45.6 Å². The predicted octanol–water partition coefficient (Wildman–Crippen LogP) is 4.67. The van der Waals surface area contributed by atoms with Gasteiger partial charge in [0.05, 0.1) is 10.6 Å². The quantitative estimate of drug-likeness (QED) is 0.431. The smallest absolute Gasteiger partial charge is 0.270 e. The number of thioether (sulfide) groups is 1. The summed E-state index contributed by atoms with van der Waals surface area (Å²) in [5.74, 6) is 0.0198. The van der Waals surface area contributed by atoms with Crippen LogP contribution in [0.2, 0.25) is 0 Å². The number of rotatable bonds is 4. The molecule has 0 radical (unpaired) electrons. The second kappa shape index (κ2) is 8.32. The van der Waals surface area contributed by atoms with Crippen LogP contribution in [0, 0.1) is 0 Å². The van der Waals surface area contributed by atoms with Gasteiger partial charge >= 0.3 is 0 Å². The Morgan fingerprint density at radius 3 is 2.52 bits per heavy atom. The number of benzene rings is 2. The van der Waals surface area contributed by atoms with Crippen LogP contribution in [0.25, 0.3) is 17.0 Å². The van der Waals surface area contributed by atoms with Gasteiger partial charge in [0.15, 0.2) is 4.32 Å². The Morgan fingerprint density at radius 1 is 1.03 bits per heavy atom. The maximum Gasteiger partial charge on any atom is 0.270 e. The number of thiocarbonyl (C=S) groups is 1. The monoisotopic (exact) mass is 447 g/mol. The molecule has 156 valence electrons. The molecule has 0 aliphatic carbocycles. The number of likely N-dealkylation sites (tertiary alicyclic amines) is 1. The van der Waals surface area contributed by atoms with E-state index in [1.165, 1.54) is 11.8 Å². The maximum atomic E-state index is 13.1. The Bertz CT molecular complexity index is 1210. The van der Waals surface area contributed by atoms with Crippen molar-refractivity contribution in [3.8, 4) is 0 Å². The van der Waals surface area contributed by atoms with Gasteiger partial charge in [-0.3, -0.25) is 14.5 Å². The highest BCUT2D eigenvalue weighted by molar-refractivity contribution is 8.27. The highest BCUT2D eigenvalue weighted by atomic mass is 32.2. The van der Waals surface area contributed by atoms with Crippen LogP contribution < -0.4 is 4.90 Å². The Kier molecular flexibility index (Phi) is 5.38. The molecule has 2 saturated heterocycles. The highest BCUT2D eigenvalue weighted by Crippen LogP contribution is 2.37. The third-order valence-corrected chi connectivity index (χ3v) is 6.98. The largest absolute Gasteiger partial charge is 0.341 e. The number of anilines is 1. The summed E-state index contributed by atoms with van der Waals surface area (Å²) < 4.78 is 2.51. The third kappa shape index (κ3) is 3.79. The van der Waals surface area contributed by atoms with Gasteiger partial charge in [0.2, 0.25) is 5.91 Å². The number of fused-ring (bicyclic) bond motifs is 1. The first-order valence-electron chi connectivity index (χ1n) is 10.3. The molecule has 2 fully saturated rings. The molecule has 5 nitrogen and oxygen atoms in total. The lowest BCUT2D eigenvalue weighted by molar-refractivity contribution is -0.130. The van der Waals surface area contributed by atoms with E-state index in [0.717, 1.165) is 48.1 Å². The van der Waals surface area contributed by atoms with Crippen molar-refractivity contribution in [2.75, 3.05) is 18.0 Å². The van der Waals surface area contributed by atoms with E-state index in [1.807, 2.05) is 76.3 Å². The van der Waals surface area contributed by atoms with Crippen molar-refractivity contribution in [1.29, 1.82) is 0 Å². The Labute approximate surface area is 190 Å². The van der Waals surface area contributed by atoms with Gasteiger partial charge in [0.25, 0.3) is 5.91 Å². The number of nitrogens with zero attached hydrogens (tertiary/aromatic N) is 3. The summed E-state index contributed by atoms with van der Waals surface area (Å²) in [5.41, 5.74) is 2.67. The summed E-state index contributed by atoms with van der Waals surface area (Å²) in [6.45, 7) is 1.99. The van der Waals surface area contributed by atoms with E-state index < -0.39 is 0 Å².